The molecule has 2 heterocycles. The summed E-state index contributed by atoms with van der Waals surface area (Å²) in [6, 6.07) is 10.4. The molecule has 0 bridgehead atoms. The zero-order valence-corrected chi connectivity index (χ0v) is 20.0. The molecule has 1 saturated carbocycles. The molecular formula is C28H38N2O3. The van der Waals surface area contributed by atoms with Crippen LogP contribution in [0.4, 0.5) is 0 Å². The standard InChI is InChI=1S/C28H38N2O3/c1-20-8-6-12-22-18-24-25(26(31)28(20,22)2)23(27(32)33-24)19-30-16-14-29(15-17-30)13-7-11-21-9-4-3-5-10-21/h3-5,7,9-12,20,23-26,31H,6,8,13-19H2,1-2H3/b11-7+/t20-,23+,24-,25-,26+,28-/m1/s1. The Morgan fingerprint density at radius 2 is 1.88 bits per heavy atom. The lowest BCUT2D eigenvalue weighted by atomic mass is 9.55. The molecule has 0 aromatic heterocycles. The number of carbonyl (C=O) groups is 1. The van der Waals surface area contributed by atoms with Gasteiger partial charge >= 0.3 is 5.97 Å². The Kier molecular flexibility index (Phi) is 6.47. The zero-order chi connectivity index (χ0) is 23.0. The molecule has 0 radical (unpaired) electrons. The van der Waals surface area contributed by atoms with Gasteiger partial charge in [-0.25, -0.2) is 0 Å². The van der Waals surface area contributed by atoms with Crippen LogP contribution in [0.3, 0.4) is 0 Å². The zero-order valence-electron chi connectivity index (χ0n) is 20.0. The summed E-state index contributed by atoms with van der Waals surface area (Å²) in [6.07, 6.45) is 9.01. The third-order valence-corrected chi connectivity index (χ3v) is 8.96. The topological polar surface area (TPSA) is 53.0 Å². The number of benzene rings is 1. The molecule has 5 rings (SSSR count). The molecule has 6 atom stereocenters. The molecule has 0 spiro atoms. The van der Waals surface area contributed by atoms with Crippen molar-refractivity contribution >= 4 is 12.0 Å². The highest BCUT2D eigenvalue weighted by Gasteiger charge is 2.59. The number of allylic oxidation sites excluding steroid dienone is 1. The SMILES string of the molecule is C[C@@H]1CCC=C2C[C@H]3OC(=O)[C@@H](CN4CCN(C/C=C/c5ccccc5)CC4)[C@H]3[C@H](O)[C@@]21C. The lowest BCUT2D eigenvalue weighted by Crippen LogP contribution is -2.55. The first-order chi connectivity index (χ1) is 16.0. The van der Waals surface area contributed by atoms with Gasteiger partial charge in [-0.2, -0.15) is 0 Å². The van der Waals surface area contributed by atoms with E-state index in [1.54, 1.807) is 0 Å². The van der Waals surface area contributed by atoms with Crippen LogP contribution in [0.25, 0.3) is 6.08 Å². The number of nitrogens with zero attached hydrogens (tertiary/aromatic N) is 2. The molecule has 3 fully saturated rings. The number of aliphatic hydroxyl groups excluding tert-OH is 1. The molecule has 33 heavy (non-hydrogen) atoms. The fourth-order valence-electron chi connectivity index (χ4n) is 6.61. The van der Waals surface area contributed by atoms with Gasteiger partial charge < -0.3 is 9.84 Å². The number of rotatable bonds is 5. The van der Waals surface area contributed by atoms with Crippen LogP contribution in [0, 0.1) is 23.2 Å². The number of hydrogen-bond acceptors (Lipinski definition) is 5. The molecule has 2 saturated heterocycles. The minimum absolute atomic E-state index is 0.0907. The van der Waals surface area contributed by atoms with Gasteiger partial charge in [0.25, 0.3) is 0 Å². The number of hydrogen-bond donors (Lipinski definition) is 1. The highest BCUT2D eigenvalue weighted by atomic mass is 16.6. The molecule has 0 amide bonds. The van der Waals surface area contributed by atoms with E-state index in [4.69, 9.17) is 4.74 Å². The van der Waals surface area contributed by atoms with Crippen molar-refractivity contribution in [3.8, 4) is 0 Å². The first kappa shape index (κ1) is 22.8. The van der Waals surface area contributed by atoms with Crippen molar-refractivity contribution in [1.82, 2.24) is 9.80 Å². The van der Waals surface area contributed by atoms with Crippen molar-refractivity contribution in [3.63, 3.8) is 0 Å². The van der Waals surface area contributed by atoms with Gasteiger partial charge in [0.1, 0.15) is 6.10 Å². The summed E-state index contributed by atoms with van der Waals surface area (Å²) in [5.74, 6) is 0.0131. The average molecular weight is 451 g/mol. The molecule has 5 heteroatoms. The Morgan fingerprint density at radius 1 is 1.15 bits per heavy atom. The highest BCUT2D eigenvalue weighted by Crippen LogP contribution is 2.56. The van der Waals surface area contributed by atoms with Gasteiger partial charge in [-0.05, 0) is 24.3 Å². The summed E-state index contributed by atoms with van der Waals surface area (Å²) < 4.78 is 5.85. The predicted molar refractivity (Wildman–Crippen MR) is 130 cm³/mol. The minimum atomic E-state index is -0.515. The molecule has 0 unspecified atom stereocenters. The van der Waals surface area contributed by atoms with E-state index in [9.17, 15) is 9.90 Å². The van der Waals surface area contributed by atoms with Crippen LogP contribution in [0.15, 0.2) is 48.1 Å². The van der Waals surface area contributed by atoms with Crippen LogP contribution in [-0.2, 0) is 9.53 Å². The predicted octanol–water partition coefficient (Wildman–Crippen LogP) is 3.60. The van der Waals surface area contributed by atoms with Gasteiger partial charge in [-0.15, -0.1) is 0 Å². The maximum atomic E-state index is 12.9. The first-order valence-corrected chi connectivity index (χ1v) is 12.7. The molecule has 1 aromatic rings. The fourth-order valence-corrected chi connectivity index (χ4v) is 6.61. The molecule has 4 aliphatic rings. The molecule has 178 valence electrons. The molecular weight excluding hydrogens is 412 g/mol. The maximum Gasteiger partial charge on any atom is 0.311 e. The smallest absolute Gasteiger partial charge is 0.311 e. The van der Waals surface area contributed by atoms with Gasteiger partial charge in [0, 0.05) is 57.0 Å². The van der Waals surface area contributed by atoms with Crippen LogP contribution in [0.1, 0.15) is 38.7 Å². The normalized spacial score (nSPS) is 37.5. The second-order valence-corrected chi connectivity index (χ2v) is 10.7. The molecule has 2 aliphatic heterocycles. The van der Waals surface area contributed by atoms with Gasteiger partial charge in [-0.1, -0.05) is 68.0 Å². The van der Waals surface area contributed by atoms with E-state index in [1.165, 1.54) is 11.1 Å². The number of fused-ring (bicyclic) bond motifs is 2. The van der Waals surface area contributed by atoms with Crippen molar-refractivity contribution in [1.29, 1.82) is 0 Å². The Balaban J connectivity index is 1.18. The van der Waals surface area contributed by atoms with Crippen molar-refractivity contribution in [2.45, 2.75) is 45.3 Å². The lowest BCUT2D eigenvalue weighted by Gasteiger charge is -2.52. The second kappa shape index (κ2) is 9.36. The van der Waals surface area contributed by atoms with Gasteiger partial charge in [0.2, 0.25) is 0 Å². The van der Waals surface area contributed by atoms with Crippen LogP contribution in [0.5, 0.6) is 0 Å². The van der Waals surface area contributed by atoms with E-state index in [0.717, 1.165) is 52.0 Å². The van der Waals surface area contributed by atoms with Gasteiger partial charge in [0.15, 0.2) is 0 Å². The summed E-state index contributed by atoms with van der Waals surface area (Å²) in [7, 11) is 0. The summed E-state index contributed by atoms with van der Waals surface area (Å²) in [4.78, 5) is 17.8. The van der Waals surface area contributed by atoms with Crippen molar-refractivity contribution in [3.05, 3.63) is 53.6 Å². The number of esters is 1. The Hall–Kier alpha value is -1.95. The van der Waals surface area contributed by atoms with Crippen molar-refractivity contribution in [2.75, 3.05) is 39.3 Å². The van der Waals surface area contributed by atoms with E-state index in [2.05, 4.69) is 66.1 Å². The summed E-state index contributed by atoms with van der Waals surface area (Å²) in [5, 5.41) is 11.5. The van der Waals surface area contributed by atoms with Crippen LogP contribution >= 0.6 is 0 Å². The van der Waals surface area contributed by atoms with E-state index < -0.39 is 6.10 Å². The first-order valence-electron chi connectivity index (χ1n) is 12.7. The molecule has 1 aromatic carbocycles. The Labute approximate surface area is 198 Å². The number of aliphatic hydroxyl groups is 1. The largest absolute Gasteiger partial charge is 0.461 e. The van der Waals surface area contributed by atoms with Gasteiger partial charge in [-0.3, -0.25) is 14.6 Å². The fraction of sp³-hybridized carbons (Fsp3) is 0.607. The molecule has 5 nitrogen and oxygen atoms in total. The molecule has 2 aliphatic carbocycles. The highest BCUT2D eigenvalue weighted by molar-refractivity contribution is 5.76. The van der Waals surface area contributed by atoms with E-state index in [0.29, 0.717) is 12.5 Å². The van der Waals surface area contributed by atoms with E-state index in [-0.39, 0.29) is 29.3 Å². The van der Waals surface area contributed by atoms with Crippen LogP contribution < -0.4 is 0 Å². The van der Waals surface area contributed by atoms with Gasteiger partial charge in [0.05, 0.1) is 12.0 Å². The third-order valence-electron chi connectivity index (χ3n) is 8.96. The number of carbonyl (C=O) groups excluding carboxylic acids is 1. The Bertz CT molecular complexity index is 905. The Morgan fingerprint density at radius 3 is 2.64 bits per heavy atom. The second-order valence-electron chi connectivity index (χ2n) is 10.7. The number of ether oxygens (including phenoxy) is 1. The lowest BCUT2D eigenvalue weighted by molar-refractivity contribution is -0.145. The van der Waals surface area contributed by atoms with Crippen LogP contribution in [0.2, 0.25) is 0 Å². The summed E-state index contributed by atoms with van der Waals surface area (Å²) in [6.45, 7) is 10.0. The van der Waals surface area contributed by atoms with Crippen LogP contribution in [-0.4, -0.2) is 72.4 Å². The summed E-state index contributed by atoms with van der Waals surface area (Å²) >= 11 is 0. The third kappa shape index (κ3) is 4.31. The summed E-state index contributed by atoms with van der Waals surface area (Å²) in [5.41, 5.74) is 2.31. The monoisotopic (exact) mass is 450 g/mol. The van der Waals surface area contributed by atoms with Crippen molar-refractivity contribution < 1.29 is 14.6 Å². The minimum Gasteiger partial charge on any atom is -0.461 e. The molecule has 1 N–H and O–H groups in total. The number of piperazine rings is 1. The average Bonchev–Trinajstić information content (AvgIpc) is 3.13. The van der Waals surface area contributed by atoms with E-state index >= 15 is 0 Å². The maximum absolute atomic E-state index is 12.9. The van der Waals surface area contributed by atoms with Crippen molar-refractivity contribution in [2.24, 2.45) is 23.2 Å². The quantitative estimate of drug-likeness (QED) is 0.549. The van der Waals surface area contributed by atoms with E-state index in [1.807, 2.05) is 6.07 Å².